The Kier molecular flexibility index (Phi) is 6.95. The van der Waals surface area contributed by atoms with Crippen LogP contribution in [0.15, 0.2) is 41.6 Å². The van der Waals surface area contributed by atoms with Crippen LogP contribution < -0.4 is 4.74 Å². The first-order valence-electron chi connectivity index (χ1n) is 9.17. The molecular weight excluding hydrogens is 425 g/mol. The summed E-state index contributed by atoms with van der Waals surface area (Å²) in [6, 6.07) is 8.52. The number of halogens is 4. The van der Waals surface area contributed by atoms with Gasteiger partial charge in [-0.15, -0.1) is 0 Å². The summed E-state index contributed by atoms with van der Waals surface area (Å²) >= 11 is 6.97. The fourth-order valence-electron chi connectivity index (χ4n) is 3.26. The zero-order chi connectivity index (χ0) is 21.0. The number of pyridine rings is 1. The molecule has 0 spiro atoms. The molecule has 156 valence electrons. The molecule has 0 N–H and O–H groups in total. The molecule has 0 bridgehead atoms. The quantitative estimate of drug-likeness (QED) is 0.543. The lowest BCUT2D eigenvalue weighted by Crippen LogP contribution is -2.32. The number of hydrogen-bond acceptors (Lipinski definition) is 4. The van der Waals surface area contributed by atoms with Gasteiger partial charge >= 0.3 is 6.18 Å². The average Bonchev–Trinajstić information content (AvgIpc) is 3.17. The summed E-state index contributed by atoms with van der Waals surface area (Å²) in [7, 11) is 0. The molecule has 0 saturated carbocycles. The van der Waals surface area contributed by atoms with Crippen LogP contribution in [0.25, 0.3) is 0 Å². The second kappa shape index (κ2) is 9.26. The molecule has 1 saturated heterocycles. The zero-order valence-electron chi connectivity index (χ0n) is 15.7. The van der Waals surface area contributed by atoms with Crippen molar-refractivity contribution >= 4 is 29.3 Å². The van der Waals surface area contributed by atoms with Crippen LogP contribution in [0.3, 0.4) is 0 Å². The van der Waals surface area contributed by atoms with Crippen LogP contribution in [0.5, 0.6) is 5.75 Å². The highest BCUT2D eigenvalue weighted by atomic mass is 35.5. The predicted octanol–water partition coefficient (Wildman–Crippen LogP) is 5.61. The molecule has 1 aromatic heterocycles. The first-order chi connectivity index (χ1) is 13.8. The van der Waals surface area contributed by atoms with Crippen LogP contribution in [0.4, 0.5) is 13.2 Å². The first kappa shape index (κ1) is 21.8. The van der Waals surface area contributed by atoms with Gasteiger partial charge in [0.15, 0.2) is 0 Å². The number of thioether (sulfide) groups is 1. The van der Waals surface area contributed by atoms with Crippen molar-refractivity contribution in [3.05, 3.63) is 52.7 Å². The minimum Gasteiger partial charge on any atom is -0.494 e. The van der Waals surface area contributed by atoms with Gasteiger partial charge in [-0.25, -0.2) is 4.98 Å². The van der Waals surface area contributed by atoms with Crippen LogP contribution in [0, 0.1) is 0 Å². The highest BCUT2D eigenvalue weighted by molar-refractivity contribution is 8.00. The average molecular weight is 445 g/mol. The number of ether oxygens (including phenoxy) is 1. The lowest BCUT2D eigenvalue weighted by Gasteiger charge is -2.25. The summed E-state index contributed by atoms with van der Waals surface area (Å²) in [4.78, 5) is 18.3. The SMILES string of the molecule is CCOc1ccc(C2CCCN2C(=O)CSc2ncc(C(F)(F)F)cc2Cl)cc1. The van der Waals surface area contributed by atoms with E-state index in [1.54, 1.807) is 4.90 Å². The van der Waals surface area contributed by atoms with Gasteiger partial charge in [0.25, 0.3) is 0 Å². The Balaban J connectivity index is 1.64. The van der Waals surface area contributed by atoms with Crippen LogP contribution in [-0.4, -0.2) is 34.7 Å². The Morgan fingerprint density at radius 3 is 2.69 bits per heavy atom. The largest absolute Gasteiger partial charge is 0.494 e. The molecule has 1 unspecified atom stereocenters. The molecule has 1 fully saturated rings. The second-order valence-electron chi connectivity index (χ2n) is 6.54. The van der Waals surface area contributed by atoms with E-state index >= 15 is 0 Å². The molecule has 4 nitrogen and oxygen atoms in total. The van der Waals surface area contributed by atoms with Crippen molar-refractivity contribution in [3.8, 4) is 5.75 Å². The third-order valence-electron chi connectivity index (χ3n) is 4.62. The van der Waals surface area contributed by atoms with Gasteiger partial charge in [-0.1, -0.05) is 35.5 Å². The minimum atomic E-state index is -4.50. The fourth-order valence-corrected chi connectivity index (χ4v) is 4.34. The van der Waals surface area contributed by atoms with Gasteiger partial charge in [0.05, 0.1) is 29.0 Å². The molecule has 9 heteroatoms. The van der Waals surface area contributed by atoms with E-state index in [0.29, 0.717) is 13.2 Å². The van der Waals surface area contributed by atoms with Crippen molar-refractivity contribution < 1.29 is 22.7 Å². The molecule has 0 radical (unpaired) electrons. The Bertz CT molecular complexity index is 862. The van der Waals surface area contributed by atoms with E-state index in [1.807, 2.05) is 31.2 Å². The Hall–Kier alpha value is -1.93. The fraction of sp³-hybridized carbons (Fsp3) is 0.400. The van der Waals surface area contributed by atoms with Crippen molar-refractivity contribution in [2.45, 2.75) is 37.0 Å². The van der Waals surface area contributed by atoms with Crippen LogP contribution >= 0.6 is 23.4 Å². The minimum absolute atomic E-state index is 0.0187. The monoisotopic (exact) mass is 444 g/mol. The molecule has 0 aliphatic carbocycles. The van der Waals surface area contributed by atoms with Crippen molar-refractivity contribution in [2.75, 3.05) is 18.9 Å². The number of hydrogen-bond donors (Lipinski definition) is 0. The van der Waals surface area contributed by atoms with Gasteiger partial charge in [0.1, 0.15) is 10.8 Å². The third-order valence-corrected chi connectivity index (χ3v) is 6.01. The number of benzene rings is 1. The molecule has 3 rings (SSSR count). The van der Waals surface area contributed by atoms with Crippen LogP contribution in [-0.2, 0) is 11.0 Å². The van der Waals surface area contributed by atoms with Crippen LogP contribution in [0.2, 0.25) is 5.02 Å². The Labute approximate surface area is 176 Å². The maximum Gasteiger partial charge on any atom is 0.417 e. The van der Waals surface area contributed by atoms with E-state index in [2.05, 4.69) is 4.98 Å². The van der Waals surface area contributed by atoms with Gasteiger partial charge in [0, 0.05) is 12.7 Å². The number of nitrogens with zero attached hydrogens (tertiary/aromatic N) is 2. The standard InChI is InChI=1S/C20H20ClF3N2O2S/c1-2-28-15-7-5-13(6-8-15)17-4-3-9-26(17)18(27)12-29-19-16(21)10-14(11-25-19)20(22,23)24/h5-8,10-11,17H,2-4,9,12H2,1H3. The first-order valence-corrected chi connectivity index (χ1v) is 10.5. The lowest BCUT2D eigenvalue weighted by atomic mass is 10.0. The number of alkyl halides is 3. The van der Waals surface area contributed by atoms with Crippen LogP contribution in [0.1, 0.15) is 36.9 Å². The molecule has 1 aliphatic heterocycles. The predicted molar refractivity (Wildman–Crippen MR) is 106 cm³/mol. The summed E-state index contributed by atoms with van der Waals surface area (Å²) in [5.74, 6) is 0.751. The molecule has 1 atom stereocenters. The van der Waals surface area contributed by atoms with Crippen molar-refractivity contribution in [2.24, 2.45) is 0 Å². The number of amides is 1. The summed E-state index contributed by atoms with van der Waals surface area (Å²) in [6.45, 7) is 3.15. The number of aromatic nitrogens is 1. The Morgan fingerprint density at radius 2 is 2.07 bits per heavy atom. The van der Waals surface area contributed by atoms with E-state index in [1.165, 1.54) is 0 Å². The van der Waals surface area contributed by atoms with Gasteiger partial charge in [0.2, 0.25) is 5.91 Å². The van der Waals surface area contributed by atoms with E-state index in [-0.39, 0.29) is 27.8 Å². The highest BCUT2D eigenvalue weighted by Gasteiger charge is 2.32. The van der Waals surface area contributed by atoms with E-state index in [4.69, 9.17) is 16.3 Å². The number of carbonyl (C=O) groups is 1. The lowest BCUT2D eigenvalue weighted by molar-refractivity contribution is -0.138. The zero-order valence-corrected chi connectivity index (χ0v) is 17.3. The molecule has 1 amide bonds. The topological polar surface area (TPSA) is 42.4 Å². The van der Waals surface area contributed by atoms with E-state index in [9.17, 15) is 18.0 Å². The summed E-state index contributed by atoms with van der Waals surface area (Å²) < 4.78 is 43.6. The highest BCUT2D eigenvalue weighted by Crippen LogP contribution is 2.36. The van der Waals surface area contributed by atoms with Crippen molar-refractivity contribution in [3.63, 3.8) is 0 Å². The summed E-state index contributed by atoms with van der Waals surface area (Å²) in [6.07, 6.45) is -2.01. The molecule has 1 aromatic carbocycles. The number of carbonyl (C=O) groups excluding carboxylic acids is 1. The van der Waals surface area contributed by atoms with E-state index < -0.39 is 11.7 Å². The number of likely N-dealkylation sites (tertiary alicyclic amines) is 1. The van der Waals surface area contributed by atoms with E-state index in [0.717, 1.165) is 48.2 Å². The smallest absolute Gasteiger partial charge is 0.417 e. The van der Waals surface area contributed by atoms with Gasteiger partial charge in [-0.2, -0.15) is 13.2 Å². The maximum atomic E-state index is 12.7. The molecule has 2 aromatic rings. The third kappa shape index (κ3) is 5.36. The molecular formula is C20H20ClF3N2O2S. The molecule has 2 heterocycles. The van der Waals surface area contributed by atoms with Gasteiger partial charge < -0.3 is 9.64 Å². The summed E-state index contributed by atoms with van der Waals surface area (Å²) in [5.41, 5.74) is 0.128. The Morgan fingerprint density at radius 1 is 1.34 bits per heavy atom. The van der Waals surface area contributed by atoms with Crippen molar-refractivity contribution in [1.29, 1.82) is 0 Å². The van der Waals surface area contributed by atoms with Crippen molar-refractivity contribution in [1.82, 2.24) is 9.88 Å². The number of rotatable bonds is 6. The molecule has 1 aliphatic rings. The molecule has 29 heavy (non-hydrogen) atoms. The maximum absolute atomic E-state index is 12.7. The van der Waals surface area contributed by atoms with Gasteiger partial charge in [-0.05, 0) is 43.5 Å². The summed E-state index contributed by atoms with van der Waals surface area (Å²) in [5, 5.41) is 0.104. The van der Waals surface area contributed by atoms with Gasteiger partial charge in [-0.3, -0.25) is 4.79 Å². The second-order valence-corrected chi connectivity index (χ2v) is 7.92. The normalized spacial score (nSPS) is 16.9.